The van der Waals surface area contributed by atoms with Crippen LogP contribution in [0.1, 0.15) is 62.6 Å². The van der Waals surface area contributed by atoms with E-state index in [2.05, 4.69) is 45.6 Å². The number of esters is 1. The van der Waals surface area contributed by atoms with Crippen LogP contribution in [0.4, 0.5) is 5.82 Å². The van der Waals surface area contributed by atoms with Crippen molar-refractivity contribution in [1.29, 1.82) is 0 Å². The fourth-order valence-corrected chi connectivity index (χ4v) is 6.53. The SMILES string of the molecule is CCCCOc1nc(N)c2[nH]c(=O)n(-c3cccc(CCN(CC(=O)N(CCC)Cc4ccc(CC(=O)OC)cc4)C4CCN(C)CC4)c3)c2n1. The third kappa shape index (κ3) is 9.95. The van der Waals surface area contributed by atoms with Crippen molar-refractivity contribution in [2.75, 3.05) is 59.2 Å². The topological polar surface area (TPSA) is 152 Å². The van der Waals surface area contributed by atoms with Gasteiger partial charge in [-0.15, -0.1) is 0 Å². The number of aromatic amines is 1. The van der Waals surface area contributed by atoms with Crippen molar-refractivity contribution in [1.82, 2.24) is 34.2 Å². The molecular formula is C38H52N8O5. The number of carbonyl (C=O) groups is 2. The first-order valence-electron chi connectivity index (χ1n) is 18.0. The molecule has 4 aromatic rings. The van der Waals surface area contributed by atoms with E-state index >= 15 is 0 Å². The molecule has 2 aromatic heterocycles. The van der Waals surface area contributed by atoms with E-state index < -0.39 is 0 Å². The molecular weight excluding hydrogens is 648 g/mol. The summed E-state index contributed by atoms with van der Waals surface area (Å²) in [6.45, 7) is 8.78. The van der Waals surface area contributed by atoms with E-state index in [-0.39, 0.29) is 41.9 Å². The number of fused-ring (bicyclic) bond motifs is 1. The third-order valence-corrected chi connectivity index (χ3v) is 9.49. The number of rotatable bonds is 17. The average Bonchev–Trinajstić information content (AvgIpc) is 3.47. The lowest BCUT2D eigenvalue weighted by molar-refractivity contribution is -0.139. The van der Waals surface area contributed by atoms with E-state index in [1.165, 1.54) is 11.7 Å². The maximum absolute atomic E-state index is 14.0. The number of carbonyl (C=O) groups excluding carboxylic acids is 2. The highest BCUT2D eigenvalue weighted by Crippen LogP contribution is 2.22. The Morgan fingerprint density at radius 3 is 2.45 bits per heavy atom. The zero-order valence-electron chi connectivity index (χ0n) is 30.4. The Balaban J connectivity index is 1.32. The third-order valence-electron chi connectivity index (χ3n) is 9.49. The fourth-order valence-electron chi connectivity index (χ4n) is 6.53. The minimum atomic E-state index is -0.360. The van der Waals surface area contributed by atoms with E-state index in [4.69, 9.17) is 15.2 Å². The van der Waals surface area contributed by atoms with E-state index in [1.807, 2.05) is 53.4 Å². The maximum Gasteiger partial charge on any atom is 0.332 e. The number of hydrogen-bond acceptors (Lipinski definition) is 10. The maximum atomic E-state index is 14.0. The van der Waals surface area contributed by atoms with Gasteiger partial charge >= 0.3 is 17.7 Å². The minimum absolute atomic E-state index is 0.0998. The normalized spacial score (nSPS) is 13.9. The number of imidazole rings is 1. The number of aromatic nitrogens is 4. The van der Waals surface area contributed by atoms with Crippen molar-refractivity contribution in [3.8, 4) is 11.7 Å². The van der Waals surface area contributed by atoms with Gasteiger partial charge in [-0.2, -0.15) is 9.97 Å². The van der Waals surface area contributed by atoms with Crippen molar-refractivity contribution >= 4 is 28.9 Å². The molecule has 1 aliphatic rings. The van der Waals surface area contributed by atoms with Gasteiger partial charge in [0, 0.05) is 25.7 Å². The lowest BCUT2D eigenvalue weighted by atomic mass is 10.0. The molecule has 274 valence electrons. The van der Waals surface area contributed by atoms with E-state index in [1.54, 1.807) is 0 Å². The number of hydrogen-bond donors (Lipinski definition) is 2. The van der Waals surface area contributed by atoms with Crippen LogP contribution in [0, 0.1) is 0 Å². The molecule has 1 aliphatic heterocycles. The van der Waals surface area contributed by atoms with Gasteiger partial charge in [0.05, 0.1) is 32.4 Å². The monoisotopic (exact) mass is 700 g/mol. The van der Waals surface area contributed by atoms with E-state index in [9.17, 15) is 14.4 Å². The molecule has 0 atom stereocenters. The van der Waals surface area contributed by atoms with E-state index in [0.717, 1.165) is 61.9 Å². The van der Waals surface area contributed by atoms with Gasteiger partial charge in [-0.05, 0) is 81.1 Å². The number of nitrogens with two attached hydrogens (primary N) is 1. The van der Waals surface area contributed by atoms with Crippen molar-refractivity contribution in [3.05, 3.63) is 75.7 Å². The summed E-state index contributed by atoms with van der Waals surface area (Å²) in [5.74, 6) is -0.0212. The first-order valence-corrected chi connectivity index (χ1v) is 18.0. The highest BCUT2D eigenvalue weighted by atomic mass is 16.5. The first kappa shape index (κ1) is 37.5. The Bertz CT molecular complexity index is 1810. The van der Waals surface area contributed by atoms with Gasteiger partial charge in [-0.3, -0.25) is 14.5 Å². The largest absolute Gasteiger partial charge is 0.469 e. The molecule has 0 radical (unpaired) electrons. The number of nitrogen functional groups attached to an aromatic ring is 1. The number of nitrogens with one attached hydrogen (secondary N) is 1. The van der Waals surface area contributed by atoms with Crippen LogP contribution in [0.5, 0.6) is 6.01 Å². The van der Waals surface area contributed by atoms with Gasteiger partial charge in [-0.25, -0.2) is 9.36 Å². The summed E-state index contributed by atoms with van der Waals surface area (Å²) in [5.41, 5.74) is 10.2. The van der Waals surface area contributed by atoms with Gasteiger partial charge in [0.15, 0.2) is 11.5 Å². The summed E-state index contributed by atoms with van der Waals surface area (Å²) >= 11 is 0. The molecule has 3 heterocycles. The molecule has 13 heteroatoms. The second-order valence-electron chi connectivity index (χ2n) is 13.4. The number of nitrogens with zero attached hydrogens (tertiary/aromatic N) is 6. The number of benzene rings is 2. The summed E-state index contributed by atoms with van der Waals surface area (Å²) in [4.78, 5) is 57.0. The Kier molecular flexibility index (Phi) is 13.2. The van der Waals surface area contributed by atoms with Crippen LogP contribution >= 0.6 is 0 Å². The second-order valence-corrected chi connectivity index (χ2v) is 13.4. The van der Waals surface area contributed by atoms with Crippen LogP contribution < -0.4 is 16.2 Å². The zero-order chi connectivity index (χ0) is 36.3. The molecule has 5 rings (SSSR count). The number of piperidine rings is 1. The summed E-state index contributed by atoms with van der Waals surface area (Å²) in [7, 11) is 3.53. The highest BCUT2D eigenvalue weighted by molar-refractivity contribution is 5.83. The number of methoxy groups -OCH3 is 1. The summed E-state index contributed by atoms with van der Waals surface area (Å²) < 4.78 is 12.0. The van der Waals surface area contributed by atoms with Crippen molar-refractivity contribution in [2.24, 2.45) is 0 Å². The van der Waals surface area contributed by atoms with Gasteiger partial charge in [0.25, 0.3) is 0 Å². The molecule has 13 nitrogen and oxygen atoms in total. The lowest BCUT2D eigenvalue weighted by Crippen LogP contribution is -2.49. The Morgan fingerprint density at radius 1 is 1.00 bits per heavy atom. The predicted octanol–water partition coefficient (Wildman–Crippen LogP) is 3.96. The minimum Gasteiger partial charge on any atom is -0.469 e. The van der Waals surface area contributed by atoms with Crippen LogP contribution in [-0.4, -0.2) is 106 Å². The molecule has 2 aromatic carbocycles. The van der Waals surface area contributed by atoms with Crippen LogP contribution in [0.3, 0.4) is 0 Å². The van der Waals surface area contributed by atoms with Crippen molar-refractivity contribution < 1.29 is 19.1 Å². The van der Waals surface area contributed by atoms with Gasteiger partial charge in [-0.1, -0.05) is 56.7 Å². The van der Waals surface area contributed by atoms with Gasteiger partial charge in [0.2, 0.25) is 5.91 Å². The molecule has 1 fully saturated rings. The van der Waals surface area contributed by atoms with Crippen LogP contribution in [-0.2, 0) is 33.7 Å². The molecule has 0 unspecified atom stereocenters. The quantitative estimate of drug-likeness (QED) is 0.122. The Morgan fingerprint density at radius 2 is 1.75 bits per heavy atom. The number of ether oxygens (including phenoxy) is 2. The summed E-state index contributed by atoms with van der Waals surface area (Å²) in [6, 6.07) is 16.1. The van der Waals surface area contributed by atoms with Crippen molar-refractivity contribution in [2.45, 2.75) is 71.4 Å². The predicted molar refractivity (Wildman–Crippen MR) is 198 cm³/mol. The molecule has 0 spiro atoms. The molecule has 51 heavy (non-hydrogen) atoms. The average molecular weight is 701 g/mol. The molecule has 3 N–H and O–H groups in total. The van der Waals surface area contributed by atoms with Crippen molar-refractivity contribution in [3.63, 3.8) is 0 Å². The van der Waals surface area contributed by atoms with Gasteiger partial charge < -0.3 is 30.0 Å². The molecule has 0 saturated carbocycles. The van der Waals surface area contributed by atoms with Crippen LogP contribution in [0.2, 0.25) is 0 Å². The highest BCUT2D eigenvalue weighted by Gasteiger charge is 2.27. The number of amides is 1. The van der Waals surface area contributed by atoms with Gasteiger partial charge in [0.1, 0.15) is 5.52 Å². The van der Waals surface area contributed by atoms with Crippen LogP contribution in [0.25, 0.3) is 16.9 Å². The summed E-state index contributed by atoms with van der Waals surface area (Å²) in [6.07, 6.45) is 5.58. The first-order chi connectivity index (χ1) is 24.7. The fraction of sp³-hybridized carbons (Fsp3) is 0.500. The standard InChI is InChI=1S/C38H52N8O5/c1-5-7-22-51-37-41-35(39)34-36(42-37)46(38(49)40-34)31-10-8-9-27(23-31)15-21-44(30-16-19-43(3)20-17-30)26-32(47)45(18-6-2)25-29-13-11-28(12-14-29)24-33(48)50-4/h8-14,23,30H,5-7,15-22,24-26H2,1-4H3,(H,40,49)(H2,39,41,42). The van der Waals surface area contributed by atoms with E-state index in [0.29, 0.717) is 56.1 Å². The molecule has 0 aliphatic carbocycles. The smallest absolute Gasteiger partial charge is 0.332 e. The number of unbranched alkanes of at least 4 members (excludes halogenated alkanes) is 1. The molecule has 1 saturated heterocycles. The molecule has 0 bridgehead atoms. The zero-order valence-corrected chi connectivity index (χ0v) is 30.4. The summed E-state index contributed by atoms with van der Waals surface area (Å²) in [5, 5.41) is 0. The van der Waals surface area contributed by atoms with Crippen LogP contribution in [0.15, 0.2) is 53.3 Å². The Labute approximate surface area is 299 Å². The number of likely N-dealkylation sites (tertiary alicyclic amines) is 1. The lowest BCUT2D eigenvalue weighted by Gasteiger charge is -2.38. The second kappa shape index (κ2) is 18.0. The number of H-pyrrole nitrogens is 1. The Hall–Kier alpha value is -4.75. The molecule has 1 amide bonds. The number of anilines is 1.